The van der Waals surface area contributed by atoms with E-state index in [1.165, 1.54) is 0 Å². The Kier molecular flexibility index (Phi) is 3.63. The number of nitrogen functional groups attached to an aromatic ring is 1. The number of carbonyl (C=O) groups is 1. The van der Waals surface area contributed by atoms with Gasteiger partial charge in [-0.25, -0.2) is 5.84 Å². The van der Waals surface area contributed by atoms with Crippen molar-refractivity contribution >= 4 is 21.8 Å². The zero-order valence-electron chi connectivity index (χ0n) is 7.25. The molecule has 5 heteroatoms. The van der Waals surface area contributed by atoms with Crippen molar-refractivity contribution in [2.24, 2.45) is 5.84 Å². The molecule has 0 fully saturated rings. The Morgan fingerprint density at radius 1 is 1.57 bits per heavy atom. The summed E-state index contributed by atoms with van der Waals surface area (Å²) in [6, 6.07) is 7.08. The van der Waals surface area contributed by atoms with Crippen LogP contribution >= 0.6 is 15.9 Å². The fourth-order valence-corrected chi connectivity index (χ4v) is 1.60. The molecular weight excluding hydrogens is 246 g/mol. The SMILES string of the molecule is N#CCc1cc(Br)cc(C(=O)NN)c1. The van der Waals surface area contributed by atoms with Crippen LogP contribution in [0.5, 0.6) is 0 Å². The molecule has 0 heterocycles. The molecule has 0 radical (unpaired) electrons. The molecule has 0 aliphatic carbocycles. The van der Waals surface area contributed by atoms with Gasteiger partial charge in [0.2, 0.25) is 0 Å². The Bertz CT molecular complexity index is 398. The van der Waals surface area contributed by atoms with Gasteiger partial charge in [0.05, 0.1) is 12.5 Å². The van der Waals surface area contributed by atoms with Crippen molar-refractivity contribution in [3.05, 3.63) is 33.8 Å². The molecule has 72 valence electrons. The molecule has 14 heavy (non-hydrogen) atoms. The van der Waals surface area contributed by atoms with E-state index in [1.807, 2.05) is 11.5 Å². The predicted molar refractivity (Wildman–Crippen MR) is 55.1 cm³/mol. The summed E-state index contributed by atoms with van der Waals surface area (Å²) >= 11 is 3.25. The van der Waals surface area contributed by atoms with Crippen molar-refractivity contribution in [2.75, 3.05) is 0 Å². The van der Waals surface area contributed by atoms with Crippen molar-refractivity contribution in [3.63, 3.8) is 0 Å². The molecule has 1 aromatic rings. The highest BCUT2D eigenvalue weighted by Gasteiger charge is 2.05. The molecule has 0 saturated heterocycles. The highest BCUT2D eigenvalue weighted by atomic mass is 79.9. The standard InChI is InChI=1S/C9H8BrN3O/c10-8-4-6(1-2-11)3-7(5-8)9(14)13-12/h3-5H,1,12H2,(H,13,14). The van der Waals surface area contributed by atoms with Crippen LogP contribution in [0.25, 0.3) is 0 Å². The number of nitriles is 1. The fourth-order valence-electron chi connectivity index (χ4n) is 1.06. The van der Waals surface area contributed by atoms with Gasteiger partial charge < -0.3 is 0 Å². The van der Waals surface area contributed by atoms with Crippen molar-refractivity contribution in [2.45, 2.75) is 6.42 Å². The van der Waals surface area contributed by atoms with Crippen LogP contribution in [0.4, 0.5) is 0 Å². The number of halogens is 1. The first-order valence-corrected chi connectivity index (χ1v) is 4.64. The van der Waals surface area contributed by atoms with Gasteiger partial charge in [0, 0.05) is 10.0 Å². The maximum absolute atomic E-state index is 11.2. The van der Waals surface area contributed by atoms with E-state index < -0.39 is 0 Å². The van der Waals surface area contributed by atoms with Crippen LogP contribution in [0.1, 0.15) is 15.9 Å². The number of benzene rings is 1. The van der Waals surface area contributed by atoms with Crippen LogP contribution in [0.15, 0.2) is 22.7 Å². The van der Waals surface area contributed by atoms with Gasteiger partial charge in [-0.15, -0.1) is 0 Å². The van der Waals surface area contributed by atoms with Gasteiger partial charge in [0.15, 0.2) is 0 Å². The number of nitrogens with one attached hydrogen (secondary N) is 1. The second-order valence-electron chi connectivity index (χ2n) is 2.66. The molecule has 0 bridgehead atoms. The normalized spacial score (nSPS) is 9.21. The lowest BCUT2D eigenvalue weighted by Crippen LogP contribution is -2.30. The average Bonchev–Trinajstić information content (AvgIpc) is 2.16. The molecule has 0 saturated carbocycles. The number of rotatable bonds is 2. The first-order valence-electron chi connectivity index (χ1n) is 3.84. The van der Waals surface area contributed by atoms with Crippen LogP contribution in [0.3, 0.4) is 0 Å². The van der Waals surface area contributed by atoms with E-state index in [0.29, 0.717) is 5.56 Å². The van der Waals surface area contributed by atoms with Crippen LogP contribution in [0, 0.1) is 11.3 Å². The second kappa shape index (κ2) is 4.74. The number of nitrogens with two attached hydrogens (primary N) is 1. The third-order valence-electron chi connectivity index (χ3n) is 1.63. The Labute approximate surface area is 89.8 Å². The summed E-state index contributed by atoms with van der Waals surface area (Å²) in [7, 11) is 0. The zero-order chi connectivity index (χ0) is 10.6. The maximum Gasteiger partial charge on any atom is 0.265 e. The third-order valence-corrected chi connectivity index (χ3v) is 2.09. The Balaban J connectivity index is 3.08. The lowest BCUT2D eigenvalue weighted by atomic mass is 10.1. The summed E-state index contributed by atoms with van der Waals surface area (Å²) < 4.78 is 0.754. The van der Waals surface area contributed by atoms with Gasteiger partial charge in [-0.1, -0.05) is 15.9 Å². The Hall–Kier alpha value is -1.38. The van der Waals surface area contributed by atoms with Gasteiger partial charge in [0.25, 0.3) is 5.91 Å². The summed E-state index contributed by atoms with van der Waals surface area (Å²) in [6.07, 6.45) is 0.268. The quantitative estimate of drug-likeness (QED) is 0.471. The largest absolute Gasteiger partial charge is 0.290 e. The number of nitrogens with zero attached hydrogens (tertiary/aromatic N) is 1. The number of carbonyl (C=O) groups excluding carboxylic acids is 1. The van der Waals surface area contributed by atoms with E-state index in [1.54, 1.807) is 18.2 Å². The molecular formula is C9H8BrN3O. The number of hydrogen-bond donors (Lipinski definition) is 2. The van der Waals surface area contributed by atoms with Gasteiger partial charge in [-0.05, 0) is 23.8 Å². The van der Waals surface area contributed by atoms with Crippen LogP contribution in [-0.2, 0) is 6.42 Å². The average molecular weight is 254 g/mol. The number of amides is 1. The molecule has 4 nitrogen and oxygen atoms in total. The molecule has 0 aliphatic heterocycles. The fraction of sp³-hybridized carbons (Fsp3) is 0.111. The smallest absolute Gasteiger partial charge is 0.265 e. The lowest BCUT2D eigenvalue weighted by Gasteiger charge is -2.02. The van der Waals surface area contributed by atoms with Gasteiger partial charge in [-0.2, -0.15) is 5.26 Å². The van der Waals surface area contributed by atoms with Gasteiger partial charge in [0.1, 0.15) is 0 Å². The van der Waals surface area contributed by atoms with E-state index >= 15 is 0 Å². The Morgan fingerprint density at radius 2 is 2.29 bits per heavy atom. The van der Waals surface area contributed by atoms with E-state index in [0.717, 1.165) is 10.0 Å². The molecule has 3 N–H and O–H groups in total. The Morgan fingerprint density at radius 3 is 2.86 bits per heavy atom. The summed E-state index contributed by atoms with van der Waals surface area (Å²) in [6.45, 7) is 0. The van der Waals surface area contributed by atoms with E-state index in [-0.39, 0.29) is 12.3 Å². The minimum atomic E-state index is -0.370. The molecule has 0 spiro atoms. The molecule has 0 aliphatic rings. The molecule has 0 atom stereocenters. The van der Waals surface area contributed by atoms with Gasteiger partial charge in [-0.3, -0.25) is 10.2 Å². The zero-order valence-corrected chi connectivity index (χ0v) is 8.84. The van der Waals surface area contributed by atoms with E-state index in [2.05, 4.69) is 15.9 Å². The topological polar surface area (TPSA) is 78.9 Å². The lowest BCUT2D eigenvalue weighted by molar-refractivity contribution is 0.0953. The first kappa shape index (κ1) is 10.7. The van der Waals surface area contributed by atoms with E-state index in [9.17, 15) is 4.79 Å². The third kappa shape index (κ3) is 2.55. The maximum atomic E-state index is 11.2. The molecule has 0 unspecified atom stereocenters. The van der Waals surface area contributed by atoms with Gasteiger partial charge >= 0.3 is 0 Å². The highest BCUT2D eigenvalue weighted by molar-refractivity contribution is 9.10. The van der Waals surface area contributed by atoms with Crippen molar-refractivity contribution in [1.29, 1.82) is 5.26 Å². The molecule has 0 aromatic heterocycles. The highest BCUT2D eigenvalue weighted by Crippen LogP contribution is 2.16. The first-order chi connectivity index (χ1) is 6.67. The summed E-state index contributed by atoms with van der Waals surface area (Å²) in [4.78, 5) is 11.2. The van der Waals surface area contributed by atoms with Crippen LogP contribution in [0.2, 0.25) is 0 Å². The summed E-state index contributed by atoms with van der Waals surface area (Å²) in [5.74, 6) is 4.63. The van der Waals surface area contributed by atoms with Crippen LogP contribution in [-0.4, -0.2) is 5.91 Å². The molecule has 1 aromatic carbocycles. The summed E-state index contributed by atoms with van der Waals surface area (Å²) in [5, 5.41) is 8.51. The van der Waals surface area contributed by atoms with Crippen molar-refractivity contribution in [3.8, 4) is 6.07 Å². The minimum absolute atomic E-state index is 0.268. The predicted octanol–water partition coefficient (Wildman–Crippen LogP) is 1.12. The minimum Gasteiger partial charge on any atom is -0.290 e. The monoisotopic (exact) mass is 253 g/mol. The summed E-state index contributed by atoms with van der Waals surface area (Å²) in [5.41, 5.74) is 3.25. The molecule has 1 amide bonds. The van der Waals surface area contributed by atoms with Crippen LogP contribution < -0.4 is 11.3 Å². The second-order valence-corrected chi connectivity index (χ2v) is 3.57. The number of hydrazine groups is 1. The molecule has 1 rings (SSSR count). The number of hydrogen-bond acceptors (Lipinski definition) is 3. The van der Waals surface area contributed by atoms with Crippen molar-refractivity contribution in [1.82, 2.24) is 5.43 Å². The van der Waals surface area contributed by atoms with Crippen molar-refractivity contribution < 1.29 is 4.79 Å². The van der Waals surface area contributed by atoms with E-state index in [4.69, 9.17) is 11.1 Å².